The van der Waals surface area contributed by atoms with Gasteiger partial charge in [-0.1, -0.05) is 41.5 Å². The van der Waals surface area contributed by atoms with Crippen LogP contribution in [0, 0.1) is 13.8 Å². The van der Waals surface area contributed by atoms with Gasteiger partial charge < -0.3 is 9.47 Å². The summed E-state index contributed by atoms with van der Waals surface area (Å²) in [6.45, 7) is 6.25. The number of hydrogen-bond acceptors (Lipinski definition) is 5. The fraction of sp³-hybridized carbons (Fsp3) is 0.179. The van der Waals surface area contributed by atoms with Crippen LogP contribution in [0.5, 0.6) is 11.5 Å². The lowest BCUT2D eigenvalue weighted by molar-refractivity contribution is -0.120. The standard InChI is InChI=1S/C28H26N2O4S/c1-5-34-25-17-20(10-15-24(25)33-4)16-23-26(31)29(21-11-6-18(2)7-12-21)28(35)30(27(23)32)22-13-8-19(3)9-14-22/h6-17H,5H2,1-4H3. The normalized spacial score (nSPS) is 13.8. The van der Waals surface area contributed by atoms with Crippen molar-refractivity contribution in [1.29, 1.82) is 0 Å². The third-order valence-electron chi connectivity index (χ3n) is 5.63. The first kappa shape index (κ1) is 24.2. The summed E-state index contributed by atoms with van der Waals surface area (Å²) in [6.07, 6.45) is 1.57. The van der Waals surface area contributed by atoms with Gasteiger partial charge in [0.05, 0.1) is 25.1 Å². The molecule has 4 rings (SSSR count). The summed E-state index contributed by atoms with van der Waals surface area (Å²) in [6, 6.07) is 20.2. The molecule has 3 aromatic carbocycles. The van der Waals surface area contributed by atoms with Crippen molar-refractivity contribution in [2.45, 2.75) is 20.8 Å². The van der Waals surface area contributed by atoms with Crippen LogP contribution >= 0.6 is 12.2 Å². The molecule has 178 valence electrons. The van der Waals surface area contributed by atoms with Crippen molar-refractivity contribution in [1.82, 2.24) is 0 Å². The van der Waals surface area contributed by atoms with E-state index < -0.39 is 11.8 Å². The number of thiocarbonyl (C=S) groups is 1. The van der Waals surface area contributed by atoms with Gasteiger partial charge in [-0.3, -0.25) is 19.4 Å². The maximum Gasteiger partial charge on any atom is 0.270 e. The topological polar surface area (TPSA) is 59.1 Å². The number of anilines is 2. The monoisotopic (exact) mass is 486 g/mol. The maximum atomic E-state index is 13.7. The highest BCUT2D eigenvalue weighted by Crippen LogP contribution is 2.32. The van der Waals surface area contributed by atoms with Crippen molar-refractivity contribution < 1.29 is 19.1 Å². The van der Waals surface area contributed by atoms with Gasteiger partial charge in [0.1, 0.15) is 5.57 Å². The Kier molecular flexibility index (Phi) is 6.98. The molecular weight excluding hydrogens is 460 g/mol. The zero-order valence-electron chi connectivity index (χ0n) is 20.1. The lowest BCUT2D eigenvalue weighted by atomic mass is 10.0. The van der Waals surface area contributed by atoms with Crippen molar-refractivity contribution in [2.24, 2.45) is 0 Å². The average Bonchev–Trinajstić information content (AvgIpc) is 2.84. The van der Waals surface area contributed by atoms with Crippen molar-refractivity contribution in [3.63, 3.8) is 0 Å². The van der Waals surface area contributed by atoms with E-state index in [-0.39, 0.29) is 10.7 Å². The molecule has 0 unspecified atom stereocenters. The summed E-state index contributed by atoms with van der Waals surface area (Å²) in [5, 5.41) is 0.106. The molecule has 0 atom stereocenters. The quantitative estimate of drug-likeness (QED) is 0.263. The lowest BCUT2D eigenvalue weighted by Gasteiger charge is -2.36. The molecule has 1 heterocycles. The fourth-order valence-corrected chi connectivity index (χ4v) is 4.17. The summed E-state index contributed by atoms with van der Waals surface area (Å²) in [4.78, 5) is 30.1. The predicted octanol–water partition coefficient (Wildman–Crippen LogP) is 5.46. The minimum Gasteiger partial charge on any atom is -0.493 e. The van der Waals surface area contributed by atoms with Gasteiger partial charge in [-0.25, -0.2) is 0 Å². The number of carbonyl (C=O) groups excluding carboxylic acids is 2. The van der Waals surface area contributed by atoms with Crippen LogP contribution in [0.1, 0.15) is 23.6 Å². The zero-order chi connectivity index (χ0) is 25.1. The third-order valence-corrected chi connectivity index (χ3v) is 6.00. The first-order chi connectivity index (χ1) is 16.8. The second-order valence-corrected chi connectivity index (χ2v) is 8.50. The van der Waals surface area contributed by atoms with Gasteiger partial charge in [-0.2, -0.15) is 0 Å². The molecule has 0 aromatic heterocycles. The van der Waals surface area contributed by atoms with Gasteiger partial charge in [-0.15, -0.1) is 0 Å². The maximum absolute atomic E-state index is 13.7. The molecule has 7 heteroatoms. The van der Waals surface area contributed by atoms with Crippen LogP contribution in [-0.4, -0.2) is 30.6 Å². The van der Waals surface area contributed by atoms with Crippen LogP contribution in [0.4, 0.5) is 11.4 Å². The molecular formula is C28H26N2O4S. The van der Waals surface area contributed by atoms with Gasteiger partial charge in [0, 0.05) is 0 Å². The van der Waals surface area contributed by atoms with E-state index in [4.69, 9.17) is 21.7 Å². The molecule has 1 aliphatic rings. The highest BCUT2D eigenvalue weighted by molar-refractivity contribution is 7.81. The zero-order valence-corrected chi connectivity index (χ0v) is 20.9. The van der Waals surface area contributed by atoms with E-state index in [1.165, 1.54) is 9.80 Å². The molecule has 35 heavy (non-hydrogen) atoms. The van der Waals surface area contributed by atoms with Crippen LogP contribution in [0.25, 0.3) is 6.08 Å². The Hall–Kier alpha value is -3.97. The molecule has 1 aliphatic heterocycles. The lowest BCUT2D eigenvalue weighted by Crippen LogP contribution is -2.56. The summed E-state index contributed by atoms with van der Waals surface area (Å²) in [5.74, 6) is 0.127. The highest BCUT2D eigenvalue weighted by Gasteiger charge is 2.41. The molecule has 0 saturated carbocycles. The van der Waals surface area contributed by atoms with Gasteiger partial charge in [0.25, 0.3) is 11.8 Å². The number of benzene rings is 3. The number of rotatable bonds is 6. The average molecular weight is 487 g/mol. The third kappa shape index (κ3) is 4.81. The Morgan fingerprint density at radius 2 is 1.31 bits per heavy atom. The van der Waals surface area contributed by atoms with Gasteiger partial charge in [-0.05, 0) is 81.0 Å². The second-order valence-electron chi connectivity index (χ2n) is 8.14. The van der Waals surface area contributed by atoms with E-state index in [2.05, 4.69) is 0 Å². The van der Waals surface area contributed by atoms with Gasteiger partial charge >= 0.3 is 0 Å². The second kappa shape index (κ2) is 10.1. The molecule has 6 nitrogen and oxygen atoms in total. The Morgan fingerprint density at radius 3 is 1.77 bits per heavy atom. The Labute approximate surface area is 210 Å². The number of nitrogens with zero attached hydrogens (tertiary/aromatic N) is 2. The van der Waals surface area contributed by atoms with E-state index in [1.807, 2.05) is 69.3 Å². The molecule has 0 spiro atoms. The SMILES string of the molecule is CCOc1cc(C=C2C(=O)N(c3ccc(C)cc3)C(=S)N(c3ccc(C)cc3)C2=O)ccc1OC. The molecule has 3 aromatic rings. The largest absolute Gasteiger partial charge is 0.493 e. The summed E-state index contributed by atoms with van der Waals surface area (Å²) >= 11 is 5.68. The first-order valence-electron chi connectivity index (χ1n) is 11.2. The van der Waals surface area contributed by atoms with Crippen molar-refractivity contribution in [2.75, 3.05) is 23.5 Å². The van der Waals surface area contributed by atoms with Crippen molar-refractivity contribution in [3.05, 3.63) is 89.0 Å². The number of amides is 2. The number of carbonyl (C=O) groups is 2. The van der Waals surface area contributed by atoms with Crippen LogP contribution in [0.15, 0.2) is 72.3 Å². The fourth-order valence-electron chi connectivity index (χ4n) is 3.79. The Bertz CT molecular complexity index is 1240. The molecule has 0 N–H and O–H groups in total. The predicted molar refractivity (Wildman–Crippen MR) is 142 cm³/mol. The van der Waals surface area contributed by atoms with E-state index in [1.54, 1.807) is 31.4 Å². The van der Waals surface area contributed by atoms with E-state index in [0.717, 1.165) is 11.1 Å². The van der Waals surface area contributed by atoms with Crippen LogP contribution in [-0.2, 0) is 9.59 Å². The number of methoxy groups -OCH3 is 1. The summed E-state index contributed by atoms with van der Waals surface area (Å²) in [5.41, 5.74) is 3.90. The first-order valence-corrected chi connectivity index (χ1v) is 11.6. The molecule has 2 amide bonds. The van der Waals surface area contributed by atoms with E-state index >= 15 is 0 Å². The van der Waals surface area contributed by atoms with Crippen molar-refractivity contribution >= 4 is 46.6 Å². The van der Waals surface area contributed by atoms with Crippen LogP contribution in [0.2, 0.25) is 0 Å². The molecule has 0 bridgehead atoms. The minimum atomic E-state index is -0.485. The molecule has 0 aliphatic carbocycles. The Balaban J connectivity index is 1.85. The van der Waals surface area contributed by atoms with Gasteiger partial charge in [0.2, 0.25) is 0 Å². The Morgan fingerprint density at radius 1 is 0.800 bits per heavy atom. The van der Waals surface area contributed by atoms with E-state index in [0.29, 0.717) is 35.0 Å². The number of hydrogen-bond donors (Lipinski definition) is 0. The smallest absolute Gasteiger partial charge is 0.270 e. The molecule has 0 radical (unpaired) electrons. The number of ether oxygens (including phenoxy) is 2. The molecule has 1 saturated heterocycles. The summed E-state index contributed by atoms with van der Waals surface area (Å²) in [7, 11) is 1.56. The van der Waals surface area contributed by atoms with Crippen LogP contribution in [0.3, 0.4) is 0 Å². The summed E-state index contributed by atoms with van der Waals surface area (Å²) < 4.78 is 11.0. The minimum absolute atomic E-state index is 0.00707. The van der Waals surface area contributed by atoms with Crippen molar-refractivity contribution in [3.8, 4) is 11.5 Å². The number of aryl methyl sites for hydroxylation is 2. The van der Waals surface area contributed by atoms with Gasteiger partial charge in [0.15, 0.2) is 16.6 Å². The van der Waals surface area contributed by atoms with E-state index in [9.17, 15) is 9.59 Å². The van der Waals surface area contributed by atoms with Crippen LogP contribution < -0.4 is 19.3 Å². The highest BCUT2D eigenvalue weighted by atomic mass is 32.1. The molecule has 1 fully saturated rings.